The lowest BCUT2D eigenvalue weighted by atomic mass is 10.1. The van der Waals surface area contributed by atoms with Crippen molar-refractivity contribution in [2.75, 3.05) is 4.90 Å². The van der Waals surface area contributed by atoms with Gasteiger partial charge in [-0.05, 0) is 55.0 Å². The standard InChI is InChI=1S/C22H13BrF3NO2S2/c1-12-5-7-16(17(23)9-12)18-8-6-15(29-18)11-19-20(28)27(21(30)31-19)14-4-2-3-13(10-14)22(24,25)26/h2-11H,1H3/b19-11+. The van der Waals surface area contributed by atoms with Gasteiger partial charge in [0.25, 0.3) is 5.91 Å². The third kappa shape index (κ3) is 4.49. The molecule has 2 aromatic carbocycles. The summed E-state index contributed by atoms with van der Waals surface area (Å²) in [6.45, 7) is 1.98. The van der Waals surface area contributed by atoms with E-state index in [0.29, 0.717) is 11.5 Å². The number of furan rings is 1. The van der Waals surface area contributed by atoms with E-state index in [2.05, 4.69) is 15.9 Å². The molecule has 1 saturated heterocycles. The number of alkyl halides is 3. The Balaban J connectivity index is 1.62. The molecule has 3 nitrogen and oxygen atoms in total. The van der Waals surface area contributed by atoms with Gasteiger partial charge in [-0.1, -0.05) is 52.0 Å². The summed E-state index contributed by atoms with van der Waals surface area (Å²) in [5, 5.41) is 0. The molecule has 2 heterocycles. The van der Waals surface area contributed by atoms with Crippen molar-refractivity contribution in [1.29, 1.82) is 0 Å². The zero-order valence-electron chi connectivity index (χ0n) is 15.9. The Morgan fingerprint density at radius 1 is 1.13 bits per heavy atom. The van der Waals surface area contributed by atoms with E-state index >= 15 is 0 Å². The molecule has 1 aliphatic rings. The normalized spacial score (nSPS) is 15.9. The van der Waals surface area contributed by atoms with E-state index in [1.807, 2.05) is 25.1 Å². The molecule has 4 rings (SSSR count). The Labute approximate surface area is 194 Å². The highest BCUT2D eigenvalue weighted by atomic mass is 79.9. The second-order valence-corrected chi connectivity index (χ2v) is 9.28. The second kappa shape index (κ2) is 8.29. The van der Waals surface area contributed by atoms with Crippen molar-refractivity contribution in [3.63, 3.8) is 0 Å². The van der Waals surface area contributed by atoms with Gasteiger partial charge in [-0.2, -0.15) is 13.2 Å². The summed E-state index contributed by atoms with van der Waals surface area (Å²) >= 11 is 9.78. The molecule has 0 unspecified atom stereocenters. The minimum atomic E-state index is -4.51. The van der Waals surface area contributed by atoms with Crippen LogP contribution in [-0.2, 0) is 11.0 Å². The van der Waals surface area contributed by atoms with Crippen LogP contribution >= 0.6 is 39.9 Å². The highest BCUT2D eigenvalue weighted by molar-refractivity contribution is 9.10. The van der Waals surface area contributed by atoms with Crippen LogP contribution in [-0.4, -0.2) is 10.2 Å². The highest BCUT2D eigenvalue weighted by Crippen LogP contribution is 2.39. The Bertz CT molecular complexity index is 1230. The molecule has 1 aliphatic heterocycles. The van der Waals surface area contributed by atoms with Gasteiger partial charge < -0.3 is 4.42 Å². The molecule has 0 aliphatic carbocycles. The van der Waals surface area contributed by atoms with Gasteiger partial charge in [-0.3, -0.25) is 9.69 Å². The number of carbonyl (C=O) groups excluding carboxylic acids is 1. The van der Waals surface area contributed by atoms with E-state index in [4.69, 9.17) is 16.6 Å². The number of hydrogen-bond donors (Lipinski definition) is 0. The Kier molecular flexibility index (Phi) is 5.85. The van der Waals surface area contributed by atoms with Gasteiger partial charge in [0.05, 0.1) is 16.2 Å². The first-order valence-electron chi connectivity index (χ1n) is 8.95. The van der Waals surface area contributed by atoms with Crippen molar-refractivity contribution in [2.24, 2.45) is 0 Å². The van der Waals surface area contributed by atoms with E-state index < -0.39 is 17.6 Å². The first-order valence-corrected chi connectivity index (χ1v) is 11.0. The summed E-state index contributed by atoms with van der Waals surface area (Å²) in [5.74, 6) is 0.558. The summed E-state index contributed by atoms with van der Waals surface area (Å²) in [6, 6.07) is 13.9. The van der Waals surface area contributed by atoms with Crippen LogP contribution < -0.4 is 4.90 Å². The summed E-state index contributed by atoms with van der Waals surface area (Å²) < 4.78 is 46.0. The lowest BCUT2D eigenvalue weighted by molar-refractivity contribution is -0.137. The maximum absolute atomic E-state index is 13.0. The van der Waals surface area contributed by atoms with Gasteiger partial charge in [-0.25, -0.2) is 0 Å². The molecule has 1 amide bonds. The van der Waals surface area contributed by atoms with E-state index in [-0.39, 0.29) is 14.9 Å². The lowest BCUT2D eigenvalue weighted by Gasteiger charge is -2.16. The first kappa shape index (κ1) is 21.9. The number of carbonyl (C=O) groups is 1. The number of thioether (sulfide) groups is 1. The third-order valence-electron chi connectivity index (χ3n) is 4.52. The van der Waals surface area contributed by atoms with Crippen LogP contribution in [0.25, 0.3) is 17.4 Å². The number of rotatable bonds is 3. The molecular formula is C22H13BrF3NO2S2. The van der Waals surface area contributed by atoms with Gasteiger partial charge in [0.15, 0.2) is 4.32 Å². The zero-order valence-corrected chi connectivity index (χ0v) is 19.1. The monoisotopic (exact) mass is 523 g/mol. The van der Waals surface area contributed by atoms with Crippen molar-refractivity contribution in [1.82, 2.24) is 0 Å². The number of aryl methyl sites for hydroxylation is 1. The molecule has 3 aromatic rings. The fraction of sp³-hybridized carbons (Fsp3) is 0.0909. The smallest absolute Gasteiger partial charge is 0.416 e. The summed E-state index contributed by atoms with van der Waals surface area (Å²) in [7, 11) is 0. The number of nitrogens with zero attached hydrogens (tertiary/aromatic N) is 1. The van der Waals surface area contributed by atoms with Crippen LogP contribution in [0, 0.1) is 6.92 Å². The average molecular weight is 524 g/mol. The third-order valence-corrected chi connectivity index (χ3v) is 6.47. The predicted octanol–water partition coefficient (Wildman–Crippen LogP) is 7.44. The SMILES string of the molecule is Cc1ccc(-c2ccc(/C=C3/SC(=S)N(c4cccc(C(F)(F)F)c4)C3=O)o2)c(Br)c1. The van der Waals surface area contributed by atoms with Crippen LogP contribution in [0.15, 0.2) is 68.4 Å². The van der Waals surface area contributed by atoms with Gasteiger partial charge >= 0.3 is 6.18 Å². The van der Waals surface area contributed by atoms with Crippen LogP contribution in [0.1, 0.15) is 16.9 Å². The summed E-state index contributed by atoms with van der Waals surface area (Å²) in [4.78, 5) is 14.2. The Morgan fingerprint density at radius 2 is 1.90 bits per heavy atom. The number of thiocarbonyl (C=S) groups is 1. The molecule has 0 spiro atoms. The highest BCUT2D eigenvalue weighted by Gasteiger charge is 2.36. The van der Waals surface area contributed by atoms with Crippen molar-refractivity contribution in [3.8, 4) is 11.3 Å². The largest absolute Gasteiger partial charge is 0.457 e. The lowest BCUT2D eigenvalue weighted by Crippen LogP contribution is -2.27. The topological polar surface area (TPSA) is 33.5 Å². The minimum Gasteiger partial charge on any atom is -0.457 e. The molecule has 158 valence electrons. The maximum atomic E-state index is 13.0. The van der Waals surface area contributed by atoms with E-state index in [1.54, 1.807) is 18.2 Å². The van der Waals surface area contributed by atoms with E-state index in [9.17, 15) is 18.0 Å². The van der Waals surface area contributed by atoms with Crippen LogP contribution in [0.5, 0.6) is 0 Å². The molecule has 31 heavy (non-hydrogen) atoms. The van der Waals surface area contributed by atoms with E-state index in [1.165, 1.54) is 12.1 Å². The number of amides is 1. The molecule has 0 radical (unpaired) electrons. The van der Waals surface area contributed by atoms with Crippen LogP contribution in [0.4, 0.5) is 18.9 Å². The number of benzene rings is 2. The molecule has 0 N–H and O–H groups in total. The number of hydrogen-bond acceptors (Lipinski definition) is 4. The summed E-state index contributed by atoms with van der Waals surface area (Å²) in [5.41, 5.74) is 1.19. The van der Waals surface area contributed by atoms with Crippen molar-refractivity contribution in [3.05, 3.63) is 80.9 Å². The van der Waals surface area contributed by atoms with Crippen molar-refractivity contribution < 1.29 is 22.4 Å². The van der Waals surface area contributed by atoms with Crippen molar-refractivity contribution >= 4 is 61.9 Å². The summed E-state index contributed by atoms with van der Waals surface area (Å²) in [6.07, 6.45) is -2.97. The molecule has 0 saturated carbocycles. The van der Waals surface area contributed by atoms with Crippen LogP contribution in [0.2, 0.25) is 0 Å². The quantitative estimate of drug-likeness (QED) is 0.263. The fourth-order valence-corrected chi connectivity index (χ4v) is 5.00. The first-order chi connectivity index (χ1) is 14.6. The van der Waals surface area contributed by atoms with E-state index in [0.717, 1.165) is 44.4 Å². The predicted molar refractivity (Wildman–Crippen MR) is 124 cm³/mol. The molecular weight excluding hydrogens is 511 g/mol. The fourth-order valence-electron chi connectivity index (χ4n) is 3.04. The van der Waals surface area contributed by atoms with Crippen molar-refractivity contribution in [2.45, 2.75) is 13.1 Å². The molecule has 1 fully saturated rings. The molecule has 0 bridgehead atoms. The maximum Gasteiger partial charge on any atom is 0.416 e. The number of anilines is 1. The Morgan fingerprint density at radius 3 is 2.61 bits per heavy atom. The van der Waals surface area contributed by atoms with Gasteiger partial charge in [-0.15, -0.1) is 0 Å². The van der Waals surface area contributed by atoms with Crippen LogP contribution in [0.3, 0.4) is 0 Å². The van der Waals surface area contributed by atoms with Gasteiger partial charge in [0.2, 0.25) is 0 Å². The van der Waals surface area contributed by atoms with Gasteiger partial charge in [0, 0.05) is 16.1 Å². The minimum absolute atomic E-state index is 0.0736. The molecule has 0 atom stereocenters. The Hall–Kier alpha value is -2.36. The molecule has 1 aromatic heterocycles. The number of halogens is 4. The second-order valence-electron chi connectivity index (χ2n) is 6.75. The average Bonchev–Trinajstić information content (AvgIpc) is 3.26. The zero-order chi connectivity index (χ0) is 22.3. The molecule has 9 heteroatoms. The van der Waals surface area contributed by atoms with Gasteiger partial charge in [0.1, 0.15) is 11.5 Å².